The van der Waals surface area contributed by atoms with Crippen LogP contribution in [0.5, 0.6) is 0 Å². The molecule has 0 saturated heterocycles. The van der Waals surface area contributed by atoms with E-state index in [1.54, 1.807) is 42.5 Å². The molecule has 2 aromatic carbocycles. The fourth-order valence-corrected chi connectivity index (χ4v) is 2.26. The smallest absolute Gasteiger partial charge is 0.269 e. The maximum absolute atomic E-state index is 10.6. The van der Waals surface area contributed by atoms with Gasteiger partial charge in [0.25, 0.3) is 11.6 Å². The highest BCUT2D eigenvalue weighted by molar-refractivity contribution is 6.50. The molecular formula is C16H9Cl2N3O3. The van der Waals surface area contributed by atoms with Gasteiger partial charge in [0.15, 0.2) is 0 Å². The number of benzene rings is 2. The third-order valence-electron chi connectivity index (χ3n) is 3.12. The first-order valence-corrected chi connectivity index (χ1v) is 7.50. The second kappa shape index (κ2) is 6.82. The molecule has 24 heavy (non-hydrogen) atoms. The Kier molecular flexibility index (Phi) is 4.59. The van der Waals surface area contributed by atoms with Crippen LogP contribution in [0.25, 0.3) is 22.6 Å². The van der Waals surface area contributed by atoms with Crippen LogP contribution in [0.4, 0.5) is 5.69 Å². The van der Waals surface area contributed by atoms with E-state index < -0.39 is 4.92 Å². The van der Waals surface area contributed by atoms with Crippen molar-refractivity contribution < 1.29 is 9.34 Å². The van der Waals surface area contributed by atoms with Crippen LogP contribution in [0.15, 0.2) is 52.9 Å². The van der Waals surface area contributed by atoms with Gasteiger partial charge in [-0.05, 0) is 48.0 Å². The van der Waals surface area contributed by atoms with Gasteiger partial charge in [0.2, 0.25) is 5.89 Å². The number of nitro groups is 1. The van der Waals surface area contributed by atoms with Crippen molar-refractivity contribution in [3.63, 3.8) is 0 Å². The predicted octanol–water partition coefficient (Wildman–Crippen LogP) is 5.04. The van der Waals surface area contributed by atoms with Crippen molar-refractivity contribution in [2.45, 2.75) is 0 Å². The lowest BCUT2D eigenvalue weighted by Crippen LogP contribution is -1.86. The van der Waals surface area contributed by atoms with Crippen LogP contribution in [0.2, 0.25) is 5.02 Å². The number of aromatic nitrogens is 2. The van der Waals surface area contributed by atoms with E-state index in [4.69, 9.17) is 27.6 Å². The molecule has 0 atom stereocenters. The Morgan fingerprint density at radius 2 is 1.75 bits per heavy atom. The normalized spacial score (nSPS) is 11.5. The molecule has 0 radical (unpaired) electrons. The minimum absolute atomic E-state index is 0.00564. The quantitative estimate of drug-likeness (QED) is 0.480. The van der Waals surface area contributed by atoms with E-state index in [9.17, 15) is 10.1 Å². The van der Waals surface area contributed by atoms with Gasteiger partial charge in [0.1, 0.15) is 5.03 Å². The van der Waals surface area contributed by atoms with Gasteiger partial charge in [-0.2, -0.15) is 0 Å². The van der Waals surface area contributed by atoms with Crippen molar-refractivity contribution in [1.29, 1.82) is 0 Å². The minimum Gasteiger partial charge on any atom is -0.415 e. The first kappa shape index (κ1) is 16.2. The Bertz CT molecular complexity index is 903. The predicted molar refractivity (Wildman–Crippen MR) is 91.6 cm³/mol. The molecule has 0 saturated carbocycles. The van der Waals surface area contributed by atoms with Gasteiger partial charge in [-0.3, -0.25) is 10.1 Å². The molecule has 3 rings (SSSR count). The van der Waals surface area contributed by atoms with Crippen LogP contribution in [0.3, 0.4) is 0 Å². The molecule has 1 aromatic heterocycles. The SMILES string of the molecule is O=[N+]([O-])c1ccc(/C=C(\Cl)c2nnc(-c3ccc(Cl)cc3)o2)cc1. The van der Waals surface area contributed by atoms with Crippen LogP contribution >= 0.6 is 23.2 Å². The van der Waals surface area contributed by atoms with Crippen molar-refractivity contribution in [2.75, 3.05) is 0 Å². The summed E-state index contributed by atoms with van der Waals surface area (Å²) in [5, 5.41) is 19.3. The number of halogens is 2. The molecule has 0 aliphatic heterocycles. The Morgan fingerprint density at radius 3 is 2.38 bits per heavy atom. The van der Waals surface area contributed by atoms with Crippen LogP contribution < -0.4 is 0 Å². The fourth-order valence-electron chi connectivity index (χ4n) is 1.93. The molecule has 3 aromatic rings. The third-order valence-corrected chi connectivity index (χ3v) is 3.64. The lowest BCUT2D eigenvalue weighted by atomic mass is 10.2. The van der Waals surface area contributed by atoms with Gasteiger partial charge < -0.3 is 4.42 Å². The summed E-state index contributed by atoms with van der Waals surface area (Å²) in [7, 11) is 0. The summed E-state index contributed by atoms with van der Waals surface area (Å²) in [5.41, 5.74) is 1.40. The Balaban J connectivity index is 1.83. The molecule has 120 valence electrons. The van der Waals surface area contributed by atoms with Gasteiger partial charge in [-0.25, -0.2) is 0 Å². The molecule has 0 amide bonds. The van der Waals surface area contributed by atoms with Gasteiger partial charge in [0, 0.05) is 22.7 Å². The highest BCUT2D eigenvalue weighted by Crippen LogP contribution is 2.26. The molecule has 0 N–H and O–H groups in total. The van der Waals surface area contributed by atoms with E-state index in [0.29, 0.717) is 16.5 Å². The first-order chi connectivity index (χ1) is 11.5. The monoisotopic (exact) mass is 361 g/mol. The minimum atomic E-state index is -0.467. The van der Waals surface area contributed by atoms with Gasteiger partial charge in [0.05, 0.1) is 4.92 Å². The standard InChI is InChI=1S/C16H9Cl2N3O3/c17-12-5-3-11(4-6-12)15-19-20-16(24-15)14(18)9-10-1-7-13(8-2-10)21(22)23/h1-9H/b14-9-. The van der Waals surface area contributed by atoms with Crippen molar-refractivity contribution in [2.24, 2.45) is 0 Å². The molecule has 6 nitrogen and oxygen atoms in total. The third kappa shape index (κ3) is 3.61. The van der Waals surface area contributed by atoms with Gasteiger partial charge in [-0.1, -0.05) is 23.2 Å². The van der Waals surface area contributed by atoms with E-state index in [1.165, 1.54) is 12.1 Å². The lowest BCUT2D eigenvalue weighted by molar-refractivity contribution is -0.384. The van der Waals surface area contributed by atoms with E-state index in [0.717, 1.165) is 5.56 Å². The summed E-state index contributed by atoms with van der Waals surface area (Å²) in [5.74, 6) is 0.469. The number of rotatable bonds is 4. The molecular weight excluding hydrogens is 353 g/mol. The molecule has 0 spiro atoms. The molecule has 0 unspecified atom stereocenters. The molecule has 0 bridgehead atoms. The summed E-state index contributed by atoms with van der Waals surface area (Å²) >= 11 is 12.0. The van der Waals surface area contributed by atoms with Crippen molar-refractivity contribution in [3.8, 4) is 11.5 Å². The zero-order chi connectivity index (χ0) is 17.1. The van der Waals surface area contributed by atoms with Crippen molar-refractivity contribution in [1.82, 2.24) is 10.2 Å². The number of nitro benzene ring substituents is 1. The van der Waals surface area contributed by atoms with Crippen molar-refractivity contribution in [3.05, 3.63) is 75.1 Å². The molecule has 1 heterocycles. The van der Waals surface area contributed by atoms with E-state index in [1.807, 2.05) is 0 Å². The average Bonchev–Trinajstić information content (AvgIpc) is 3.06. The highest BCUT2D eigenvalue weighted by atomic mass is 35.5. The second-order valence-corrected chi connectivity index (χ2v) is 5.60. The summed E-state index contributed by atoms with van der Waals surface area (Å²) in [4.78, 5) is 10.2. The van der Waals surface area contributed by atoms with E-state index in [2.05, 4.69) is 10.2 Å². The summed E-state index contributed by atoms with van der Waals surface area (Å²) in [6.45, 7) is 0. The van der Waals surface area contributed by atoms with Gasteiger partial charge in [-0.15, -0.1) is 10.2 Å². The molecule has 0 aliphatic carbocycles. The van der Waals surface area contributed by atoms with Gasteiger partial charge >= 0.3 is 0 Å². The maximum atomic E-state index is 10.6. The average molecular weight is 362 g/mol. The second-order valence-electron chi connectivity index (χ2n) is 4.76. The molecule has 0 fully saturated rings. The number of non-ortho nitro benzene ring substituents is 1. The Morgan fingerprint density at radius 1 is 1.08 bits per heavy atom. The van der Waals surface area contributed by atoms with Crippen LogP contribution in [-0.2, 0) is 0 Å². The summed E-state index contributed by atoms with van der Waals surface area (Å²) in [6, 6.07) is 12.9. The fraction of sp³-hybridized carbons (Fsp3) is 0. The summed E-state index contributed by atoms with van der Waals surface area (Å²) in [6.07, 6.45) is 1.59. The topological polar surface area (TPSA) is 82.1 Å². The van der Waals surface area contributed by atoms with E-state index >= 15 is 0 Å². The Hall–Kier alpha value is -2.70. The van der Waals surface area contributed by atoms with Crippen LogP contribution in [0, 0.1) is 10.1 Å². The highest BCUT2D eigenvalue weighted by Gasteiger charge is 2.12. The largest absolute Gasteiger partial charge is 0.415 e. The molecule has 0 aliphatic rings. The zero-order valence-corrected chi connectivity index (χ0v) is 13.5. The number of nitrogens with zero attached hydrogens (tertiary/aromatic N) is 3. The Labute approximate surface area is 146 Å². The summed E-state index contributed by atoms with van der Waals surface area (Å²) < 4.78 is 5.53. The van der Waals surface area contributed by atoms with Crippen molar-refractivity contribution >= 4 is 40.0 Å². The van der Waals surface area contributed by atoms with Crippen LogP contribution in [-0.4, -0.2) is 15.1 Å². The zero-order valence-electron chi connectivity index (χ0n) is 12.0. The first-order valence-electron chi connectivity index (χ1n) is 6.74. The number of hydrogen-bond acceptors (Lipinski definition) is 5. The molecule has 8 heteroatoms. The maximum Gasteiger partial charge on any atom is 0.269 e. The van der Waals surface area contributed by atoms with E-state index in [-0.39, 0.29) is 16.6 Å². The number of hydrogen-bond donors (Lipinski definition) is 0. The lowest BCUT2D eigenvalue weighted by Gasteiger charge is -1.96. The van der Waals surface area contributed by atoms with Crippen LogP contribution in [0.1, 0.15) is 11.5 Å².